The van der Waals surface area contributed by atoms with E-state index in [0.29, 0.717) is 22.8 Å². The van der Waals surface area contributed by atoms with Gasteiger partial charge in [-0.2, -0.15) is 9.97 Å². The molecular weight excluding hydrogens is 334 g/mol. The van der Waals surface area contributed by atoms with E-state index in [4.69, 9.17) is 20.9 Å². The highest BCUT2D eigenvalue weighted by molar-refractivity contribution is 6.05. The second kappa shape index (κ2) is 6.99. The van der Waals surface area contributed by atoms with Crippen LogP contribution in [0.1, 0.15) is 30.9 Å². The summed E-state index contributed by atoms with van der Waals surface area (Å²) in [6.45, 7) is 3.82. The van der Waals surface area contributed by atoms with Gasteiger partial charge in [-0.25, -0.2) is 4.99 Å². The third-order valence-electron chi connectivity index (χ3n) is 4.36. The normalized spacial score (nSPS) is 18.7. The van der Waals surface area contributed by atoms with E-state index < -0.39 is 11.8 Å². The summed E-state index contributed by atoms with van der Waals surface area (Å²) in [4.78, 5) is 25.4. The van der Waals surface area contributed by atoms with Gasteiger partial charge in [-0.3, -0.25) is 4.79 Å². The number of esters is 1. The first-order valence-corrected chi connectivity index (χ1v) is 8.24. The molecular formula is C18H21N5O3. The summed E-state index contributed by atoms with van der Waals surface area (Å²) >= 11 is 0. The molecule has 1 aliphatic heterocycles. The Labute approximate surface area is 151 Å². The number of carbonyl (C=O) groups excluding carboxylic acids is 1. The van der Waals surface area contributed by atoms with Crippen LogP contribution < -0.4 is 16.2 Å². The van der Waals surface area contributed by atoms with E-state index in [1.165, 1.54) is 0 Å². The number of ether oxygens (including phenoxy) is 2. The Hall–Kier alpha value is -3.16. The van der Waals surface area contributed by atoms with Crippen LogP contribution in [0, 0.1) is 5.92 Å². The minimum Gasteiger partial charge on any atom is -0.497 e. The van der Waals surface area contributed by atoms with Crippen molar-refractivity contribution in [3.05, 3.63) is 35.4 Å². The minimum atomic E-state index is -0.620. The number of carbonyl (C=O) groups is 1. The zero-order valence-corrected chi connectivity index (χ0v) is 14.9. The van der Waals surface area contributed by atoms with Crippen LogP contribution >= 0.6 is 0 Å². The fraction of sp³-hybridized carbons (Fsp3) is 0.333. The first kappa shape index (κ1) is 17.7. The molecule has 0 saturated heterocycles. The molecule has 2 atom stereocenters. The molecule has 0 fully saturated rings. The van der Waals surface area contributed by atoms with E-state index in [1.807, 2.05) is 24.3 Å². The van der Waals surface area contributed by atoms with Crippen molar-refractivity contribution in [3.63, 3.8) is 0 Å². The molecule has 2 heterocycles. The fourth-order valence-electron chi connectivity index (χ4n) is 3.23. The third kappa shape index (κ3) is 3.05. The van der Waals surface area contributed by atoms with Gasteiger partial charge in [0, 0.05) is 17.2 Å². The second-order valence-electron chi connectivity index (χ2n) is 5.94. The molecule has 8 nitrogen and oxygen atoms in total. The van der Waals surface area contributed by atoms with Crippen molar-refractivity contribution in [2.75, 3.05) is 25.2 Å². The van der Waals surface area contributed by atoms with E-state index in [1.54, 1.807) is 21.0 Å². The van der Waals surface area contributed by atoms with E-state index >= 15 is 0 Å². The standard InChI is InChI=1S/C18H21N5O3/c1-4-26-17(24)12-9(2)21-16-14(15(19)22-18(20)23-16)13(12)10-5-7-11(25-3)8-6-10/h5-8,12-13H,4H2,1-3H3,(H4,19,20,22,23). The Morgan fingerprint density at radius 2 is 1.88 bits per heavy atom. The Morgan fingerprint density at radius 1 is 1.19 bits per heavy atom. The molecule has 0 radical (unpaired) electrons. The van der Waals surface area contributed by atoms with Gasteiger partial charge >= 0.3 is 5.97 Å². The number of nitrogens with zero attached hydrogens (tertiary/aromatic N) is 3. The van der Waals surface area contributed by atoms with E-state index in [9.17, 15) is 4.79 Å². The van der Waals surface area contributed by atoms with Crippen molar-refractivity contribution in [2.24, 2.45) is 10.9 Å². The number of aliphatic imine (C=N–C) groups is 1. The number of hydrogen-bond donors (Lipinski definition) is 2. The van der Waals surface area contributed by atoms with Crippen LogP contribution in [0.5, 0.6) is 5.75 Å². The molecule has 2 aromatic rings. The number of nitrogens with two attached hydrogens (primary N) is 2. The van der Waals surface area contributed by atoms with Gasteiger partial charge in [-0.05, 0) is 31.5 Å². The Balaban J connectivity index is 2.20. The molecule has 0 amide bonds. The number of anilines is 2. The van der Waals surface area contributed by atoms with Crippen LogP contribution in [0.2, 0.25) is 0 Å². The second-order valence-corrected chi connectivity index (χ2v) is 5.94. The SMILES string of the molecule is CCOC(=O)C1C(C)=Nc2nc(N)nc(N)c2C1c1ccc(OC)cc1. The molecule has 1 aromatic carbocycles. The molecule has 8 heteroatoms. The summed E-state index contributed by atoms with van der Waals surface area (Å²) < 4.78 is 10.5. The van der Waals surface area contributed by atoms with Crippen LogP contribution in [0.4, 0.5) is 17.6 Å². The number of benzene rings is 1. The maximum Gasteiger partial charge on any atom is 0.315 e. The van der Waals surface area contributed by atoms with Gasteiger partial charge in [-0.1, -0.05) is 12.1 Å². The third-order valence-corrected chi connectivity index (χ3v) is 4.36. The van der Waals surface area contributed by atoms with Crippen molar-refractivity contribution >= 4 is 29.3 Å². The Morgan fingerprint density at radius 3 is 2.50 bits per heavy atom. The first-order valence-electron chi connectivity index (χ1n) is 8.24. The molecule has 0 bridgehead atoms. The molecule has 0 saturated carbocycles. The predicted octanol–water partition coefficient (Wildman–Crippen LogP) is 2.07. The molecule has 1 aliphatic rings. The van der Waals surface area contributed by atoms with Crippen molar-refractivity contribution in [1.29, 1.82) is 0 Å². The molecule has 2 unspecified atom stereocenters. The fourth-order valence-corrected chi connectivity index (χ4v) is 3.23. The molecule has 136 valence electrons. The highest BCUT2D eigenvalue weighted by Crippen LogP contribution is 2.44. The first-order chi connectivity index (χ1) is 12.5. The van der Waals surface area contributed by atoms with Gasteiger partial charge in [0.15, 0.2) is 5.82 Å². The topological polar surface area (TPSA) is 126 Å². The van der Waals surface area contributed by atoms with Gasteiger partial charge < -0.3 is 20.9 Å². The number of nitrogen functional groups attached to an aromatic ring is 2. The number of fused-ring (bicyclic) bond motifs is 1. The summed E-state index contributed by atoms with van der Waals surface area (Å²) in [7, 11) is 1.59. The lowest BCUT2D eigenvalue weighted by atomic mass is 9.77. The Bertz CT molecular complexity index is 864. The maximum absolute atomic E-state index is 12.7. The van der Waals surface area contributed by atoms with E-state index in [2.05, 4.69) is 15.0 Å². The predicted molar refractivity (Wildman–Crippen MR) is 98.6 cm³/mol. The van der Waals surface area contributed by atoms with Crippen molar-refractivity contribution in [3.8, 4) is 5.75 Å². The maximum atomic E-state index is 12.7. The minimum absolute atomic E-state index is 0.0425. The van der Waals surface area contributed by atoms with Crippen molar-refractivity contribution in [1.82, 2.24) is 9.97 Å². The van der Waals surface area contributed by atoms with Gasteiger partial charge in [0.25, 0.3) is 0 Å². The molecule has 0 aliphatic carbocycles. The zero-order valence-electron chi connectivity index (χ0n) is 14.9. The number of hydrogen-bond acceptors (Lipinski definition) is 8. The summed E-state index contributed by atoms with van der Waals surface area (Å²) in [5, 5.41) is 0. The summed E-state index contributed by atoms with van der Waals surface area (Å²) in [5.41, 5.74) is 13.9. The lowest BCUT2D eigenvalue weighted by molar-refractivity contribution is -0.146. The highest BCUT2D eigenvalue weighted by Gasteiger charge is 2.40. The van der Waals surface area contributed by atoms with Gasteiger partial charge in [0.2, 0.25) is 5.95 Å². The summed E-state index contributed by atoms with van der Waals surface area (Å²) in [6.07, 6.45) is 0. The monoisotopic (exact) mass is 355 g/mol. The molecule has 26 heavy (non-hydrogen) atoms. The van der Waals surface area contributed by atoms with Crippen LogP contribution in [-0.2, 0) is 9.53 Å². The van der Waals surface area contributed by atoms with Gasteiger partial charge in [0.05, 0.1) is 13.7 Å². The highest BCUT2D eigenvalue weighted by atomic mass is 16.5. The van der Waals surface area contributed by atoms with Crippen LogP contribution in [0.25, 0.3) is 0 Å². The molecule has 3 rings (SSSR count). The smallest absolute Gasteiger partial charge is 0.315 e. The van der Waals surface area contributed by atoms with Gasteiger partial charge in [-0.15, -0.1) is 0 Å². The largest absolute Gasteiger partial charge is 0.497 e. The average molecular weight is 355 g/mol. The summed E-state index contributed by atoms with van der Waals surface area (Å²) in [5.74, 6) is -0.0622. The summed E-state index contributed by atoms with van der Waals surface area (Å²) in [6, 6.07) is 7.42. The van der Waals surface area contributed by atoms with Gasteiger partial charge in [0.1, 0.15) is 17.5 Å². The number of aromatic nitrogens is 2. The van der Waals surface area contributed by atoms with Crippen molar-refractivity contribution < 1.29 is 14.3 Å². The average Bonchev–Trinajstić information content (AvgIpc) is 2.60. The number of rotatable bonds is 4. The molecule has 1 aromatic heterocycles. The molecule has 0 spiro atoms. The molecule has 4 N–H and O–H groups in total. The number of methoxy groups -OCH3 is 1. The zero-order chi connectivity index (χ0) is 18.8. The van der Waals surface area contributed by atoms with Crippen LogP contribution in [-0.4, -0.2) is 35.4 Å². The van der Waals surface area contributed by atoms with Crippen LogP contribution in [0.3, 0.4) is 0 Å². The lowest BCUT2D eigenvalue weighted by Gasteiger charge is -2.31. The van der Waals surface area contributed by atoms with Crippen LogP contribution in [0.15, 0.2) is 29.3 Å². The van der Waals surface area contributed by atoms with Crippen molar-refractivity contribution in [2.45, 2.75) is 19.8 Å². The Kier molecular flexibility index (Phi) is 4.75. The lowest BCUT2D eigenvalue weighted by Crippen LogP contribution is -2.34. The van der Waals surface area contributed by atoms with E-state index in [0.717, 1.165) is 5.56 Å². The quantitative estimate of drug-likeness (QED) is 0.804. The van der Waals surface area contributed by atoms with E-state index in [-0.39, 0.29) is 24.3 Å².